The lowest BCUT2D eigenvalue weighted by molar-refractivity contribution is -0.129. The van der Waals surface area contributed by atoms with Gasteiger partial charge in [-0.2, -0.15) is 0 Å². The fourth-order valence-electron chi connectivity index (χ4n) is 4.46. The van der Waals surface area contributed by atoms with E-state index in [1.54, 1.807) is 4.90 Å². The third-order valence-electron chi connectivity index (χ3n) is 6.38. The summed E-state index contributed by atoms with van der Waals surface area (Å²) < 4.78 is 6.08. The van der Waals surface area contributed by atoms with E-state index in [4.69, 9.17) is 4.74 Å². The highest BCUT2D eigenvalue weighted by atomic mass is 16.5. The van der Waals surface area contributed by atoms with E-state index in [0.29, 0.717) is 18.0 Å². The van der Waals surface area contributed by atoms with Crippen LogP contribution in [0, 0.1) is 5.92 Å². The maximum absolute atomic E-state index is 12.9. The van der Waals surface area contributed by atoms with Gasteiger partial charge in [0.05, 0.1) is 12.0 Å². The lowest BCUT2D eigenvalue weighted by atomic mass is 10.1. The molecule has 34 heavy (non-hydrogen) atoms. The fourth-order valence-corrected chi connectivity index (χ4v) is 4.46. The summed E-state index contributed by atoms with van der Waals surface area (Å²) >= 11 is 0. The van der Waals surface area contributed by atoms with E-state index in [1.165, 1.54) is 0 Å². The Morgan fingerprint density at radius 3 is 2.41 bits per heavy atom. The van der Waals surface area contributed by atoms with Crippen molar-refractivity contribution >= 4 is 28.3 Å². The molecule has 1 fully saturated rings. The number of carbonyl (C=O) groups excluding carboxylic acids is 2. The van der Waals surface area contributed by atoms with E-state index in [-0.39, 0.29) is 30.2 Å². The van der Waals surface area contributed by atoms with Gasteiger partial charge in [-0.3, -0.25) is 9.59 Å². The van der Waals surface area contributed by atoms with Crippen molar-refractivity contribution in [1.82, 2.24) is 4.90 Å². The van der Waals surface area contributed by atoms with Crippen LogP contribution in [0.4, 0.5) is 5.69 Å². The van der Waals surface area contributed by atoms with Gasteiger partial charge in [0.25, 0.3) is 0 Å². The van der Waals surface area contributed by atoms with Crippen LogP contribution in [0.2, 0.25) is 0 Å². The summed E-state index contributed by atoms with van der Waals surface area (Å²) in [5.41, 5.74) is 1.75. The Bertz CT molecular complexity index is 1310. The number of nitrogens with one attached hydrogen (secondary N) is 1. The first-order valence-corrected chi connectivity index (χ1v) is 11.5. The summed E-state index contributed by atoms with van der Waals surface area (Å²) in [6.07, 6.45) is 0.227. The SMILES string of the molecule is C[C@@H](c1ccccc1)N1C[C@@H](C(=O)Nc2ccc(Oc3cccc4ccccc34)cc2)CC1=O. The highest BCUT2D eigenvalue weighted by Crippen LogP contribution is 2.31. The number of carbonyl (C=O) groups is 2. The molecular formula is C29H26N2O3. The smallest absolute Gasteiger partial charge is 0.229 e. The average molecular weight is 451 g/mol. The number of hydrogen-bond acceptors (Lipinski definition) is 3. The highest BCUT2D eigenvalue weighted by molar-refractivity contribution is 5.97. The molecule has 0 saturated carbocycles. The first-order chi connectivity index (χ1) is 16.6. The molecule has 0 bridgehead atoms. The number of hydrogen-bond donors (Lipinski definition) is 1. The number of fused-ring (bicyclic) bond motifs is 1. The first-order valence-electron chi connectivity index (χ1n) is 11.5. The van der Waals surface area contributed by atoms with Crippen molar-refractivity contribution in [1.29, 1.82) is 0 Å². The number of likely N-dealkylation sites (tertiary alicyclic amines) is 1. The van der Waals surface area contributed by atoms with Crippen molar-refractivity contribution in [3.8, 4) is 11.5 Å². The van der Waals surface area contributed by atoms with Crippen LogP contribution in [0.25, 0.3) is 10.8 Å². The molecule has 1 aliphatic rings. The summed E-state index contributed by atoms with van der Waals surface area (Å²) in [5, 5.41) is 5.11. The van der Waals surface area contributed by atoms with Crippen molar-refractivity contribution < 1.29 is 14.3 Å². The molecule has 4 aromatic rings. The van der Waals surface area contributed by atoms with Crippen LogP contribution in [-0.4, -0.2) is 23.3 Å². The molecule has 1 heterocycles. The molecule has 1 aliphatic heterocycles. The fraction of sp³-hybridized carbons (Fsp3) is 0.172. The molecule has 0 unspecified atom stereocenters. The summed E-state index contributed by atoms with van der Waals surface area (Å²) in [4.78, 5) is 27.3. The topological polar surface area (TPSA) is 58.6 Å². The average Bonchev–Trinajstić information content (AvgIpc) is 3.27. The van der Waals surface area contributed by atoms with E-state index in [9.17, 15) is 9.59 Å². The van der Waals surface area contributed by atoms with E-state index >= 15 is 0 Å². The number of ether oxygens (including phenoxy) is 1. The second-order valence-electron chi connectivity index (χ2n) is 8.63. The van der Waals surface area contributed by atoms with Gasteiger partial charge in [0.2, 0.25) is 11.8 Å². The third-order valence-corrected chi connectivity index (χ3v) is 6.38. The number of anilines is 1. The van der Waals surface area contributed by atoms with Crippen molar-refractivity contribution in [2.45, 2.75) is 19.4 Å². The van der Waals surface area contributed by atoms with Gasteiger partial charge in [0.15, 0.2) is 0 Å². The molecule has 5 heteroatoms. The Kier molecular flexibility index (Phi) is 6.00. The molecule has 0 aromatic heterocycles. The molecule has 1 N–H and O–H groups in total. The highest BCUT2D eigenvalue weighted by Gasteiger charge is 2.37. The largest absolute Gasteiger partial charge is 0.457 e. The molecule has 170 valence electrons. The second kappa shape index (κ2) is 9.40. The third kappa shape index (κ3) is 4.50. The summed E-state index contributed by atoms with van der Waals surface area (Å²) in [7, 11) is 0. The predicted molar refractivity (Wildman–Crippen MR) is 134 cm³/mol. The molecule has 2 atom stereocenters. The summed E-state index contributed by atoms with van der Waals surface area (Å²) in [5.74, 6) is 0.972. The van der Waals surface area contributed by atoms with Crippen LogP contribution in [0.1, 0.15) is 24.9 Å². The Labute approximate surface area is 199 Å². The van der Waals surface area contributed by atoms with Gasteiger partial charge in [-0.05, 0) is 48.2 Å². The summed E-state index contributed by atoms with van der Waals surface area (Å²) in [6, 6.07) is 31.2. The van der Waals surface area contributed by atoms with Gasteiger partial charge in [-0.25, -0.2) is 0 Å². The van der Waals surface area contributed by atoms with Gasteiger partial charge in [0, 0.05) is 24.0 Å². The van der Waals surface area contributed by atoms with E-state index in [2.05, 4.69) is 17.4 Å². The lowest BCUT2D eigenvalue weighted by Crippen LogP contribution is -2.30. The van der Waals surface area contributed by atoms with Crippen LogP contribution in [0.15, 0.2) is 97.1 Å². The van der Waals surface area contributed by atoms with Crippen LogP contribution < -0.4 is 10.1 Å². The monoisotopic (exact) mass is 450 g/mol. The van der Waals surface area contributed by atoms with Crippen molar-refractivity contribution in [3.63, 3.8) is 0 Å². The minimum Gasteiger partial charge on any atom is -0.457 e. The van der Waals surface area contributed by atoms with E-state index < -0.39 is 0 Å². The van der Waals surface area contributed by atoms with Crippen LogP contribution in [-0.2, 0) is 9.59 Å². The van der Waals surface area contributed by atoms with Gasteiger partial charge in [-0.15, -0.1) is 0 Å². The molecule has 0 radical (unpaired) electrons. The first kappa shape index (κ1) is 21.7. The zero-order valence-corrected chi connectivity index (χ0v) is 19.0. The molecular weight excluding hydrogens is 424 g/mol. The number of nitrogens with zero attached hydrogens (tertiary/aromatic N) is 1. The Morgan fingerprint density at radius 2 is 1.62 bits per heavy atom. The molecule has 5 rings (SSSR count). The van der Waals surface area contributed by atoms with Crippen molar-refractivity contribution in [3.05, 3.63) is 103 Å². The molecule has 2 amide bonds. The number of rotatable bonds is 6. The maximum atomic E-state index is 12.9. The second-order valence-corrected chi connectivity index (χ2v) is 8.63. The standard InChI is InChI=1S/C29H26N2O3/c1-20(21-8-3-2-4-9-21)31-19-23(18-28(31)32)29(33)30-24-14-16-25(17-15-24)34-27-13-7-11-22-10-5-6-12-26(22)27/h2-17,20,23H,18-19H2,1H3,(H,30,33)/t20-,23-/m0/s1. The quantitative estimate of drug-likeness (QED) is 0.382. The minimum absolute atomic E-state index is 0.00957. The van der Waals surface area contributed by atoms with Gasteiger partial charge < -0.3 is 15.0 Å². The maximum Gasteiger partial charge on any atom is 0.229 e. The number of benzene rings is 4. The minimum atomic E-state index is -0.370. The molecule has 0 spiro atoms. The molecule has 1 saturated heterocycles. The van der Waals surface area contributed by atoms with Gasteiger partial charge >= 0.3 is 0 Å². The molecule has 5 nitrogen and oxygen atoms in total. The molecule has 0 aliphatic carbocycles. The predicted octanol–water partition coefficient (Wildman–Crippen LogP) is 6.18. The normalized spacial score (nSPS) is 16.4. The van der Waals surface area contributed by atoms with E-state index in [0.717, 1.165) is 22.1 Å². The molecule has 4 aromatic carbocycles. The lowest BCUT2D eigenvalue weighted by Gasteiger charge is -2.25. The Balaban J connectivity index is 1.22. The van der Waals surface area contributed by atoms with Crippen molar-refractivity contribution in [2.24, 2.45) is 5.92 Å². The number of amides is 2. The zero-order chi connectivity index (χ0) is 23.5. The zero-order valence-electron chi connectivity index (χ0n) is 19.0. The van der Waals surface area contributed by atoms with Gasteiger partial charge in [0.1, 0.15) is 11.5 Å². The van der Waals surface area contributed by atoms with Crippen molar-refractivity contribution in [2.75, 3.05) is 11.9 Å². The Hall–Kier alpha value is -4.12. The summed E-state index contributed by atoms with van der Waals surface area (Å²) in [6.45, 7) is 2.42. The Morgan fingerprint density at radius 1 is 0.912 bits per heavy atom. The van der Waals surface area contributed by atoms with Crippen LogP contribution in [0.3, 0.4) is 0 Å². The van der Waals surface area contributed by atoms with E-state index in [1.807, 2.05) is 91.9 Å². The van der Waals surface area contributed by atoms with Crippen LogP contribution >= 0.6 is 0 Å². The van der Waals surface area contributed by atoms with Crippen LogP contribution in [0.5, 0.6) is 11.5 Å². The van der Waals surface area contributed by atoms with Gasteiger partial charge in [-0.1, -0.05) is 66.7 Å².